The van der Waals surface area contributed by atoms with Crippen LogP contribution in [0.25, 0.3) is 0 Å². The van der Waals surface area contributed by atoms with Crippen molar-refractivity contribution >= 4 is 35.0 Å². The molecule has 2 amide bonds. The minimum absolute atomic E-state index is 0.0809. The van der Waals surface area contributed by atoms with Gasteiger partial charge >= 0.3 is 0 Å². The largest absolute Gasteiger partial charge is 0.348 e. The van der Waals surface area contributed by atoms with Gasteiger partial charge in [-0.1, -0.05) is 35.3 Å². The monoisotopic (exact) mass is 350 g/mol. The van der Waals surface area contributed by atoms with Gasteiger partial charge in [0, 0.05) is 31.8 Å². The molecule has 0 fully saturated rings. The van der Waals surface area contributed by atoms with Gasteiger partial charge in [0.25, 0.3) is 11.8 Å². The molecule has 2 aromatic carbocycles. The summed E-state index contributed by atoms with van der Waals surface area (Å²) in [7, 11) is 3.39. The van der Waals surface area contributed by atoms with E-state index in [1.54, 1.807) is 44.4 Å². The summed E-state index contributed by atoms with van der Waals surface area (Å²) < 4.78 is 0. The lowest BCUT2D eigenvalue weighted by atomic mass is 10.1. The van der Waals surface area contributed by atoms with Crippen molar-refractivity contribution in [1.29, 1.82) is 0 Å². The molecule has 6 heteroatoms. The Balaban J connectivity index is 2.05. The third kappa shape index (κ3) is 4.47. The van der Waals surface area contributed by atoms with Crippen LogP contribution in [0.2, 0.25) is 10.0 Å². The van der Waals surface area contributed by atoms with Crippen molar-refractivity contribution in [1.82, 2.24) is 10.2 Å². The Bertz CT molecular complexity index is 745. The van der Waals surface area contributed by atoms with Crippen LogP contribution in [0.5, 0.6) is 0 Å². The highest BCUT2D eigenvalue weighted by Crippen LogP contribution is 2.22. The normalized spacial score (nSPS) is 10.3. The Morgan fingerprint density at radius 3 is 2.39 bits per heavy atom. The summed E-state index contributed by atoms with van der Waals surface area (Å²) in [5.41, 5.74) is 1.85. The minimum atomic E-state index is -0.257. The summed E-state index contributed by atoms with van der Waals surface area (Å²) >= 11 is 11.7. The summed E-state index contributed by atoms with van der Waals surface area (Å²) in [5.74, 6) is -0.337. The molecule has 0 bridgehead atoms. The quantitative estimate of drug-likeness (QED) is 0.915. The molecule has 0 heterocycles. The first kappa shape index (κ1) is 17.3. The molecule has 4 nitrogen and oxygen atoms in total. The van der Waals surface area contributed by atoms with Crippen molar-refractivity contribution in [3.05, 3.63) is 69.2 Å². The zero-order valence-electron chi connectivity index (χ0n) is 12.8. The number of rotatable bonds is 4. The predicted octanol–water partition coefficient (Wildman–Crippen LogP) is 3.63. The lowest BCUT2D eigenvalue weighted by molar-refractivity contribution is 0.0827. The number of hydrogen-bond acceptors (Lipinski definition) is 2. The van der Waals surface area contributed by atoms with E-state index >= 15 is 0 Å². The molecule has 0 aliphatic heterocycles. The number of benzene rings is 2. The topological polar surface area (TPSA) is 49.4 Å². The summed E-state index contributed by atoms with van der Waals surface area (Å²) in [6.45, 7) is 0.313. The van der Waals surface area contributed by atoms with Gasteiger partial charge in [0.2, 0.25) is 0 Å². The summed E-state index contributed by atoms with van der Waals surface area (Å²) in [5, 5.41) is 3.52. The number of nitrogens with zero attached hydrogens (tertiary/aromatic N) is 1. The molecule has 0 saturated heterocycles. The van der Waals surface area contributed by atoms with E-state index in [0.717, 1.165) is 5.56 Å². The van der Waals surface area contributed by atoms with Crippen molar-refractivity contribution in [2.75, 3.05) is 14.1 Å². The first-order chi connectivity index (χ1) is 10.9. The Labute approximate surface area is 145 Å². The first-order valence-electron chi connectivity index (χ1n) is 6.92. The van der Waals surface area contributed by atoms with E-state index in [2.05, 4.69) is 5.32 Å². The number of carbonyl (C=O) groups is 2. The first-order valence-corrected chi connectivity index (χ1v) is 7.68. The van der Waals surface area contributed by atoms with Crippen LogP contribution >= 0.6 is 23.2 Å². The standard InChI is InChI=1S/C17H16Cl2N2O2/c1-21(2)17(23)13-5-3-4-11(8-13)10-20-16(22)12-6-7-14(18)15(19)9-12/h3-9H,10H2,1-2H3,(H,20,22). The molecule has 0 aromatic heterocycles. The zero-order valence-corrected chi connectivity index (χ0v) is 14.3. The van der Waals surface area contributed by atoms with Crippen LogP contribution in [0, 0.1) is 0 Å². The van der Waals surface area contributed by atoms with Gasteiger partial charge in [0.05, 0.1) is 10.0 Å². The van der Waals surface area contributed by atoms with E-state index in [0.29, 0.717) is 27.7 Å². The van der Waals surface area contributed by atoms with Crippen molar-refractivity contribution < 1.29 is 9.59 Å². The van der Waals surface area contributed by atoms with Gasteiger partial charge in [0.1, 0.15) is 0 Å². The highest BCUT2D eigenvalue weighted by Gasteiger charge is 2.10. The second-order valence-corrected chi connectivity index (χ2v) is 6.03. The van der Waals surface area contributed by atoms with E-state index in [4.69, 9.17) is 23.2 Å². The fourth-order valence-electron chi connectivity index (χ4n) is 1.99. The lowest BCUT2D eigenvalue weighted by Crippen LogP contribution is -2.24. The molecule has 0 aliphatic rings. The molecular weight excluding hydrogens is 335 g/mol. The third-order valence-electron chi connectivity index (χ3n) is 3.21. The van der Waals surface area contributed by atoms with Crippen LogP contribution in [0.1, 0.15) is 26.3 Å². The Morgan fingerprint density at radius 2 is 1.74 bits per heavy atom. The van der Waals surface area contributed by atoms with Crippen molar-refractivity contribution in [2.45, 2.75) is 6.54 Å². The summed E-state index contributed by atoms with van der Waals surface area (Å²) in [6, 6.07) is 11.8. The number of hydrogen-bond donors (Lipinski definition) is 1. The number of amides is 2. The second-order valence-electron chi connectivity index (χ2n) is 5.21. The molecule has 0 aliphatic carbocycles. The van der Waals surface area contributed by atoms with Gasteiger partial charge in [-0.05, 0) is 35.9 Å². The van der Waals surface area contributed by atoms with Crippen LogP contribution in [0.15, 0.2) is 42.5 Å². The second kappa shape index (κ2) is 7.49. The van der Waals surface area contributed by atoms with Crippen LogP contribution in [-0.2, 0) is 6.54 Å². The van der Waals surface area contributed by atoms with Gasteiger partial charge in [0.15, 0.2) is 0 Å². The molecular formula is C17H16Cl2N2O2. The number of carbonyl (C=O) groups excluding carboxylic acids is 2. The van der Waals surface area contributed by atoms with Crippen molar-refractivity contribution in [3.8, 4) is 0 Å². The minimum Gasteiger partial charge on any atom is -0.348 e. The molecule has 23 heavy (non-hydrogen) atoms. The molecule has 0 radical (unpaired) electrons. The SMILES string of the molecule is CN(C)C(=O)c1cccc(CNC(=O)c2ccc(Cl)c(Cl)c2)c1. The van der Waals surface area contributed by atoms with Crippen LogP contribution in [-0.4, -0.2) is 30.8 Å². The molecule has 2 aromatic rings. The average Bonchev–Trinajstić information content (AvgIpc) is 2.54. The fraction of sp³-hybridized carbons (Fsp3) is 0.176. The van der Waals surface area contributed by atoms with Gasteiger partial charge in [-0.2, -0.15) is 0 Å². The van der Waals surface area contributed by atoms with E-state index in [1.165, 1.54) is 11.0 Å². The third-order valence-corrected chi connectivity index (χ3v) is 3.95. The maximum atomic E-state index is 12.1. The maximum absolute atomic E-state index is 12.1. The van der Waals surface area contributed by atoms with Crippen molar-refractivity contribution in [2.24, 2.45) is 0 Å². The average molecular weight is 351 g/mol. The Morgan fingerprint density at radius 1 is 1.00 bits per heavy atom. The molecule has 2 rings (SSSR count). The molecule has 1 N–H and O–H groups in total. The highest BCUT2D eigenvalue weighted by atomic mass is 35.5. The number of halogens is 2. The van der Waals surface area contributed by atoms with E-state index in [9.17, 15) is 9.59 Å². The molecule has 0 atom stereocenters. The Hall–Kier alpha value is -2.04. The molecule has 120 valence electrons. The van der Waals surface area contributed by atoms with Gasteiger partial charge in [-0.3, -0.25) is 9.59 Å². The molecule has 0 spiro atoms. The van der Waals surface area contributed by atoms with Gasteiger partial charge in [-0.15, -0.1) is 0 Å². The summed E-state index contributed by atoms with van der Waals surface area (Å²) in [4.78, 5) is 25.6. The predicted molar refractivity (Wildman–Crippen MR) is 92.1 cm³/mol. The maximum Gasteiger partial charge on any atom is 0.253 e. The highest BCUT2D eigenvalue weighted by molar-refractivity contribution is 6.42. The van der Waals surface area contributed by atoms with Crippen LogP contribution in [0.4, 0.5) is 0 Å². The smallest absolute Gasteiger partial charge is 0.253 e. The molecule has 0 saturated carbocycles. The van der Waals surface area contributed by atoms with Crippen LogP contribution < -0.4 is 5.32 Å². The Kier molecular flexibility index (Phi) is 5.64. The summed E-state index contributed by atoms with van der Waals surface area (Å²) in [6.07, 6.45) is 0. The van der Waals surface area contributed by atoms with Gasteiger partial charge < -0.3 is 10.2 Å². The molecule has 0 unspecified atom stereocenters. The van der Waals surface area contributed by atoms with E-state index in [1.807, 2.05) is 6.07 Å². The lowest BCUT2D eigenvalue weighted by Gasteiger charge is -2.11. The number of nitrogens with one attached hydrogen (secondary N) is 1. The van der Waals surface area contributed by atoms with Crippen molar-refractivity contribution in [3.63, 3.8) is 0 Å². The van der Waals surface area contributed by atoms with E-state index in [-0.39, 0.29) is 11.8 Å². The van der Waals surface area contributed by atoms with Gasteiger partial charge in [-0.25, -0.2) is 0 Å². The van der Waals surface area contributed by atoms with E-state index < -0.39 is 0 Å². The van der Waals surface area contributed by atoms with Crippen LogP contribution in [0.3, 0.4) is 0 Å². The fourth-order valence-corrected chi connectivity index (χ4v) is 2.29. The zero-order chi connectivity index (χ0) is 17.0.